The standard InChI is InChI=1S/C11H15NO2S.C2H6/c1-10-4-6-11(7-5-10)15(13,14)12-8-2-3-9-12;1-2/h4-7H,2-3,8-9H2,1H3;1-2H3. The van der Waals surface area contributed by atoms with Crippen LogP contribution in [0, 0.1) is 6.92 Å². The van der Waals surface area contributed by atoms with Crippen molar-refractivity contribution in [2.75, 3.05) is 13.1 Å². The van der Waals surface area contributed by atoms with Gasteiger partial charge in [0.25, 0.3) is 0 Å². The molecule has 1 aromatic carbocycles. The van der Waals surface area contributed by atoms with Crippen LogP contribution in [0.2, 0.25) is 0 Å². The Bertz CT molecular complexity index is 431. The summed E-state index contributed by atoms with van der Waals surface area (Å²) in [6, 6.07) is 7.04. The van der Waals surface area contributed by atoms with Crippen molar-refractivity contribution in [2.45, 2.75) is 38.5 Å². The second-order valence-corrected chi connectivity index (χ2v) is 5.86. The van der Waals surface area contributed by atoms with Gasteiger partial charge in [-0.3, -0.25) is 0 Å². The minimum absolute atomic E-state index is 0.412. The number of rotatable bonds is 2. The summed E-state index contributed by atoms with van der Waals surface area (Å²) in [7, 11) is -3.22. The molecule has 1 aromatic rings. The van der Waals surface area contributed by atoms with Gasteiger partial charge in [-0.15, -0.1) is 0 Å². The van der Waals surface area contributed by atoms with Crippen molar-refractivity contribution in [1.29, 1.82) is 0 Å². The van der Waals surface area contributed by atoms with Crippen molar-refractivity contribution in [1.82, 2.24) is 4.31 Å². The molecule has 0 aromatic heterocycles. The van der Waals surface area contributed by atoms with Gasteiger partial charge in [-0.05, 0) is 31.9 Å². The number of aryl methyl sites for hydroxylation is 1. The van der Waals surface area contributed by atoms with Gasteiger partial charge < -0.3 is 0 Å². The van der Waals surface area contributed by atoms with Crippen molar-refractivity contribution < 1.29 is 8.42 Å². The smallest absolute Gasteiger partial charge is 0.207 e. The molecule has 0 aliphatic carbocycles. The summed E-state index contributed by atoms with van der Waals surface area (Å²) in [5.74, 6) is 0. The van der Waals surface area contributed by atoms with E-state index in [1.54, 1.807) is 16.4 Å². The lowest BCUT2D eigenvalue weighted by atomic mass is 10.2. The minimum atomic E-state index is -3.22. The topological polar surface area (TPSA) is 37.4 Å². The normalized spacial score (nSPS) is 16.4. The van der Waals surface area contributed by atoms with E-state index in [0.29, 0.717) is 18.0 Å². The fraction of sp³-hybridized carbons (Fsp3) is 0.538. The Morgan fingerprint density at radius 3 is 1.94 bits per heavy atom. The maximum absolute atomic E-state index is 12.1. The van der Waals surface area contributed by atoms with Gasteiger partial charge in [0, 0.05) is 13.1 Å². The Labute approximate surface area is 105 Å². The molecule has 1 saturated heterocycles. The van der Waals surface area contributed by atoms with Crippen LogP contribution in [0.25, 0.3) is 0 Å². The van der Waals surface area contributed by atoms with Crippen LogP contribution >= 0.6 is 0 Å². The number of hydrogen-bond donors (Lipinski definition) is 0. The van der Waals surface area contributed by atoms with Crippen molar-refractivity contribution >= 4 is 10.0 Å². The summed E-state index contributed by atoms with van der Waals surface area (Å²) in [5, 5.41) is 0. The Morgan fingerprint density at radius 1 is 1.00 bits per heavy atom. The lowest BCUT2D eigenvalue weighted by molar-refractivity contribution is 0.477. The van der Waals surface area contributed by atoms with E-state index in [2.05, 4.69) is 0 Å². The van der Waals surface area contributed by atoms with Crippen molar-refractivity contribution in [3.63, 3.8) is 0 Å². The molecule has 0 unspecified atom stereocenters. The van der Waals surface area contributed by atoms with Gasteiger partial charge in [-0.2, -0.15) is 4.31 Å². The van der Waals surface area contributed by atoms with Crippen LogP contribution in [-0.4, -0.2) is 25.8 Å². The molecule has 0 saturated carbocycles. The fourth-order valence-electron chi connectivity index (χ4n) is 1.79. The number of hydrogen-bond acceptors (Lipinski definition) is 2. The number of benzene rings is 1. The Hall–Kier alpha value is -0.870. The van der Waals surface area contributed by atoms with E-state index in [9.17, 15) is 8.42 Å². The van der Waals surface area contributed by atoms with E-state index < -0.39 is 10.0 Å². The Kier molecular flexibility index (Phi) is 5.15. The summed E-state index contributed by atoms with van der Waals surface area (Å²) in [6.07, 6.45) is 1.95. The molecule has 0 bridgehead atoms. The first-order chi connectivity index (χ1) is 8.10. The molecule has 0 amide bonds. The molecule has 96 valence electrons. The molecule has 1 aliphatic heterocycles. The van der Waals surface area contributed by atoms with E-state index in [4.69, 9.17) is 0 Å². The first kappa shape index (κ1) is 14.2. The van der Waals surface area contributed by atoms with Crippen LogP contribution in [0.5, 0.6) is 0 Å². The highest BCUT2D eigenvalue weighted by molar-refractivity contribution is 7.89. The quantitative estimate of drug-likeness (QED) is 0.815. The third-order valence-corrected chi connectivity index (χ3v) is 4.64. The van der Waals surface area contributed by atoms with Crippen molar-refractivity contribution in [2.24, 2.45) is 0 Å². The van der Waals surface area contributed by atoms with E-state index in [0.717, 1.165) is 18.4 Å². The average Bonchev–Trinajstić information content (AvgIpc) is 2.86. The fourth-order valence-corrected chi connectivity index (χ4v) is 3.30. The van der Waals surface area contributed by atoms with Gasteiger partial charge in [0.15, 0.2) is 0 Å². The highest BCUT2D eigenvalue weighted by atomic mass is 32.2. The van der Waals surface area contributed by atoms with Gasteiger partial charge in [0.1, 0.15) is 0 Å². The molecule has 17 heavy (non-hydrogen) atoms. The number of sulfonamides is 1. The largest absolute Gasteiger partial charge is 0.243 e. The molecule has 0 radical (unpaired) electrons. The monoisotopic (exact) mass is 255 g/mol. The average molecular weight is 255 g/mol. The zero-order valence-electron chi connectivity index (χ0n) is 10.8. The lowest BCUT2D eigenvalue weighted by Crippen LogP contribution is -2.27. The summed E-state index contributed by atoms with van der Waals surface area (Å²) in [6.45, 7) is 7.28. The molecule has 1 aliphatic rings. The first-order valence-electron chi connectivity index (χ1n) is 6.17. The maximum atomic E-state index is 12.1. The van der Waals surface area contributed by atoms with Crippen LogP contribution < -0.4 is 0 Å². The van der Waals surface area contributed by atoms with Crippen molar-refractivity contribution in [3.8, 4) is 0 Å². The predicted octanol–water partition coefficient (Wildman–Crippen LogP) is 2.81. The molecule has 2 rings (SSSR count). The molecule has 0 atom stereocenters. The van der Waals surface area contributed by atoms with Crippen LogP contribution in [0.15, 0.2) is 29.2 Å². The SMILES string of the molecule is CC.Cc1ccc(S(=O)(=O)N2CCCC2)cc1. The lowest BCUT2D eigenvalue weighted by Gasteiger charge is -2.15. The third kappa shape index (κ3) is 3.30. The van der Waals surface area contributed by atoms with Gasteiger partial charge in [-0.25, -0.2) is 8.42 Å². The Morgan fingerprint density at radius 2 is 1.47 bits per heavy atom. The van der Waals surface area contributed by atoms with Crippen LogP contribution in [0.4, 0.5) is 0 Å². The van der Waals surface area contributed by atoms with Crippen LogP contribution in [0.1, 0.15) is 32.3 Å². The maximum Gasteiger partial charge on any atom is 0.243 e. The van der Waals surface area contributed by atoms with Gasteiger partial charge >= 0.3 is 0 Å². The number of nitrogens with zero attached hydrogens (tertiary/aromatic N) is 1. The second-order valence-electron chi connectivity index (χ2n) is 3.92. The van der Waals surface area contributed by atoms with E-state index in [1.807, 2.05) is 32.9 Å². The molecule has 3 nitrogen and oxygen atoms in total. The Balaban J connectivity index is 0.000000686. The van der Waals surface area contributed by atoms with Gasteiger partial charge in [0.2, 0.25) is 10.0 Å². The molecular weight excluding hydrogens is 234 g/mol. The van der Waals surface area contributed by atoms with Gasteiger partial charge in [0.05, 0.1) is 4.90 Å². The second kappa shape index (κ2) is 6.17. The van der Waals surface area contributed by atoms with E-state index >= 15 is 0 Å². The third-order valence-electron chi connectivity index (χ3n) is 2.72. The molecule has 0 N–H and O–H groups in total. The summed E-state index contributed by atoms with van der Waals surface area (Å²) >= 11 is 0. The highest BCUT2D eigenvalue weighted by Crippen LogP contribution is 2.20. The molecule has 1 heterocycles. The van der Waals surface area contributed by atoms with Crippen molar-refractivity contribution in [3.05, 3.63) is 29.8 Å². The minimum Gasteiger partial charge on any atom is -0.207 e. The molecule has 0 spiro atoms. The van der Waals surface area contributed by atoms with E-state index in [1.165, 1.54) is 0 Å². The first-order valence-corrected chi connectivity index (χ1v) is 7.61. The molecule has 4 heteroatoms. The zero-order valence-corrected chi connectivity index (χ0v) is 11.6. The highest BCUT2D eigenvalue weighted by Gasteiger charge is 2.26. The summed E-state index contributed by atoms with van der Waals surface area (Å²) in [4.78, 5) is 0.412. The molecule has 1 fully saturated rings. The van der Waals surface area contributed by atoms with Gasteiger partial charge in [-0.1, -0.05) is 31.5 Å². The zero-order chi connectivity index (χ0) is 12.9. The summed E-state index contributed by atoms with van der Waals surface area (Å²) < 4.78 is 25.7. The van der Waals surface area contributed by atoms with Crippen LogP contribution in [-0.2, 0) is 10.0 Å². The van der Waals surface area contributed by atoms with E-state index in [-0.39, 0.29) is 0 Å². The van der Waals surface area contributed by atoms with Crippen LogP contribution in [0.3, 0.4) is 0 Å². The summed E-state index contributed by atoms with van der Waals surface area (Å²) in [5.41, 5.74) is 1.08. The predicted molar refractivity (Wildman–Crippen MR) is 70.5 cm³/mol. The molecular formula is C13H21NO2S.